The average molecular weight is 388 g/mol. The summed E-state index contributed by atoms with van der Waals surface area (Å²) in [4.78, 5) is 32.5. The molecule has 1 aromatic carbocycles. The minimum atomic E-state index is -0.351. The summed E-state index contributed by atoms with van der Waals surface area (Å²) in [5, 5.41) is 5.45. The summed E-state index contributed by atoms with van der Waals surface area (Å²) in [5.74, 6) is 0.186. The summed E-state index contributed by atoms with van der Waals surface area (Å²) in [6.07, 6.45) is 5.61. The number of likely N-dealkylation sites (tertiary alicyclic amines) is 1. The van der Waals surface area contributed by atoms with Crippen molar-refractivity contribution in [3.05, 3.63) is 29.6 Å². The van der Waals surface area contributed by atoms with E-state index in [1.807, 2.05) is 23.8 Å². The van der Waals surface area contributed by atoms with Crippen molar-refractivity contribution in [1.82, 2.24) is 9.88 Å². The highest BCUT2D eigenvalue weighted by Gasteiger charge is 2.40. The van der Waals surface area contributed by atoms with Crippen molar-refractivity contribution >= 4 is 40.0 Å². The molecule has 26 heavy (non-hydrogen) atoms. The lowest BCUT2D eigenvalue weighted by Crippen LogP contribution is -2.43. The normalized spacial score (nSPS) is 19.6. The van der Waals surface area contributed by atoms with Gasteiger partial charge in [0.05, 0.1) is 5.69 Å². The van der Waals surface area contributed by atoms with Crippen LogP contribution in [-0.4, -0.2) is 40.5 Å². The number of hydrogen-bond donors (Lipinski definition) is 1. The fraction of sp³-hybridized carbons (Fsp3) is 0.421. The SMILES string of the molecule is CSc1ccc(-c2csc(NC(=O)C3CCCN3C(=O)C3CC3)n2)cc1. The van der Waals surface area contributed by atoms with Gasteiger partial charge in [0.2, 0.25) is 11.8 Å². The average Bonchev–Trinajstić information content (AvgIpc) is 3.21. The zero-order valence-corrected chi connectivity index (χ0v) is 16.2. The zero-order chi connectivity index (χ0) is 18.1. The fourth-order valence-corrected chi connectivity index (χ4v) is 4.41. The molecule has 4 rings (SSSR count). The van der Waals surface area contributed by atoms with E-state index in [-0.39, 0.29) is 23.8 Å². The molecule has 1 atom stereocenters. The summed E-state index contributed by atoms with van der Waals surface area (Å²) in [6, 6.07) is 7.87. The summed E-state index contributed by atoms with van der Waals surface area (Å²) in [6.45, 7) is 0.693. The molecule has 1 aromatic heterocycles. The van der Waals surface area contributed by atoms with E-state index in [2.05, 4.69) is 22.4 Å². The number of anilines is 1. The van der Waals surface area contributed by atoms with Crippen LogP contribution in [-0.2, 0) is 9.59 Å². The highest BCUT2D eigenvalue weighted by molar-refractivity contribution is 7.98. The molecule has 1 saturated carbocycles. The Balaban J connectivity index is 1.43. The number of amides is 2. The van der Waals surface area contributed by atoms with Crippen molar-refractivity contribution in [2.75, 3.05) is 18.1 Å². The number of nitrogens with one attached hydrogen (secondary N) is 1. The van der Waals surface area contributed by atoms with E-state index in [9.17, 15) is 9.59 Å². The van der Waals surface area contributed by atoms with Crippen LogP contribution in [0.3, 0.4) is 0 Å². The van der Waals surface area contributed by atoms with Crippen LogP contribution in [0.15, 0.2) is 34.5 Å². The molecule has 2 aliphatic rings. The molecule has 0 bridgehead atoms. The zero-order valence-electron chi connectivity index (χ0n) is 14.6. The van der Waals surface area contributed by atoms with Gasteiger partial charge < -0.3 is 10.2 Å². The van der Waals surface area contributed by atoms with Gasteiger partial charge in [-0.3, -0.25) is 9.59 Å². The van der Waals surface area contributed by atoms with Gasteiger partial charge in [0.25, 0.3) is 0 Å². The summed E-state index contributed by atoms with van der Waals surface area (Å²) < 4.78 is 0. The number of hydrogen-bond acceptors (Lipinski definition) is 5. The van der Waals surface area contributed by atoms with Gasteiger partial charge in [0.15, 0.2) is 5.13 Å². The van der Waals surface area contributed by atoms with Crippen molar-refractivity contribution < 1.29 is 9.59 Å². The van der Waals surface area contributed by atoms with Crippen LogP contribution in [0.2, 0.25) is 0 Å². The second-order valence-electron chi connectivity index (χ2n) is 6.72. The Morgan fingerprint density at radius 2 is 2.00 bits per heavy atom. The molecule has 1 N–H and O–H groups in total. The Labute approximate surface area is 161 Å². The van der Waals surface area contributed by atoms with Crippen LogP contribution < -0.4 is 5.32 Å². The number of carbonyl (C=O) groups is 2. The van der Waals surface area contributed by atoms with E-state index < -0.39 is 0 Å². The van der Waals surface area contributed by atoms with Crippen LogP contribution in [0.5, 0.6) is 0 Å². The predicted octanol–water partition coefficient (Wildman–Crippen LogP) is 3.87. The number of nitrogens with zero attached hydrogens (tertiary/aromatic N) is 2. The van der Waals surface area contributed by atoms with E-state index in [0.717, 1.165) is 36.9 Å². The van der Waals surface area contributed by atoms with Gasteiger partial charge in [0, 0.05) is 28.3 Å². The first-order valence-electron chi connectivity index (χ1n) is 8.87. The van der Waals surface area contributed by atoms with Gasteiger partial charge in [-0.2, -0.15) is 0 Å². The van der Waals surface area contributed by atoms with E-state index >= 15 is 0 Å². The first-order chi connectivity index (χ1) is 12.7. The monoisotopic (exact) mass is 387 g/mol. The number of benzene rings is 1. The number of thioether (sulfide) groups is 1. The number of rotatable bonds is 5. The molecule has 2 heterocycles. The lowest BCUT2D eigenvalue weighted by atomic mass is 10.2. The van der Waals surface area contributed by atoms with E-state index in [1.165, 1.54) is 16.2 Å². The third-order valence-electron chi connectivity index (χ3n) is 4.89. The molecule has 1 aliphatic carbocycles. The quantitative estimate of drug-likeness (QED) is 0.791. The standard InChI is InChI=1S/C19H21N3O2S2/c1-25-14-8-6-12(7-9-14)15-11-26-19(20-15)21-17(23)16-3-2-10-22(16)18(24)13-4-5-13/h6-9,11,13,16H,2-5,10H2,1H3,(H,20,21,23). The lowest BCUT2D eigenvalue weighted by molar-refractivity contribution is -0.137. The molecule has 2 aromatic rings. The molecular weight excluding hydrogens is 366 g/mol. The van der Waals surface area contributed by atoms with Crippen molar-refractivity contribution in [1.29, 1.82) is 0 Å². The molecule has 0 radical (unpaired) electrons. The van der Waals surface area contributed by atoms with E-state index in [1.54, 1.807) is 16.7 Å². The van der Waals surface area contributed by atoms with Crippen LogP contribution in [0, 0.1) is 5.92 Å². The van der Waals surface area contributed by atoms with Gasteiger partial charge in [-0.05, 0) is 44.1 Å². The molecule has 5 nitrogen and oxygen atoms in total. The van der Waals surface area contributed by atoms with E-state index in [4.69, 9.17) is 0 Å². The first kappa shape index (κ1) is 17.5. The largest absolute Gasteiger partial charge is 0.330 e. The van der Waals surface area contributed by atoms with Crippen molar-refractivity contribution in [2.45, 2.75) is 36.6 Å². The molecule has 2 fully saturated rings. The van der Waals surface area contributed by atoms with Gasteiger partial charge >= 0.3 is 0 Å². The van der Waals surface area contributed by atoms with Crippen LogP contribution in [0.1, 0.15) is 25.7 Å². The Morgan fingerprint density at radius 3 is 2.69 bits per heavy atom. The first-order valence-corrected chi connectivity index (χ1v) is 11.0. The van der Waals surface area contributed by atoms with E-state index in [0.29, 0.717) is 11.7 Å². The third-order valence-corrected chi connectivity index (χ3v) is 6.39. The molecule has 1 aliphatic heterocycles. The molecular formula is C19H21N3O2S2. The van der Waals surface area contributed by atoms with Crippen molar-refractivity contribution in [3.63, 3.8) is 0 Å². The maximum Gasteiger partial charge on any atom is 0.248 e. The van der Waals surface area contributed by atoms with Crippen molar-refractivity contribution in [2.24, 2.45) is 5.92 Å². The highest BCUT2D eigenvalue weighted by atomic mass is 32.2. The Morgan fingerprint density at radius 1 is 1.23 bits per heavy atom. The second kappa shape index (κ2) is 7.40. The summed E-state index contributed by atoms with van der Waals surface area (Å²) in [5.41, 5.74) is 1.89. The molecule has 1 unspecified atom stereocenters. The fourth-order valence-electron chi connectivity index (χ4n) is 3.28. The van der Waals surface area contributed by atoms with Crippen LogP contribution in [0.4, 0.5) is 5.13 Å². The Bertz CT molecular complexity index is 814. The smallest absolute Gasteiger partial charge is 0.248 e. The maximum atomic E-state index is 12.7. The lowest BCUT2D eigenvalue weighted by Gasteiger charge is -2.23. The second-order valence-corrected chi connectivity index (χ2v) is 8.46. The predicted molar refractivity (Wildman–Crippen MR) is 105 cm³/mol. The van der Waals surface area contributed by atoms with Crippen molar-refractivity contribution in [3.8, 4) is 11.3 Å². The minimum Gasteiger partial charge on any atom is -0.330 e. The molecule has 0 spiro atoms. The number of carbonyl (C=O) groups excluding carboxylic acids is 2. The van der Waals surface area contributed by atoms with Gasteiger partial charge in [-0.1, -0.05) is 12.1 Å². The molecule has 136 valence electrons. The number of thiazole rings is 1. The molecule has 1 saturated heterocycles. The minimum absolute atomic E-state index is 0.116. The molecule has 2 amide bonds. The Kier molecular flexibility index (Phi) is 5.00. The molecule has 7 heteroatoms. The topological polar surface area (TPSA) is 62.3 Å². The van der Waals surface area contributed by atoms with Gasteiger partial charge in [-0.25, -0.2) is 4.98 Å². The van der Waals surface area contributed by atoms with Crippen LogP contribution >= 0.6 is 23.1 Å². The van der Waals surface area contributed by atoms with Gasteiger partial charge in [0.1, 0.15) is 6.04 Å². The summed E-state index contributed by atoms with van der Waals surface area (Å²) in [7, 11) is 0. The van der Waals surface area contributed by atoms with Gasteiger partial charge in [-0.15, -0.1) is 23.1 Å². The summed E-state index contributed by atoms with van der Waals surface area (Å²) >= 11 is 3.12. The maximum absolute atomic E-state index is 12.7. The Hall–Kier alpha value is -1.86. The number of aromatic nitrogens is 1. The van der Waals surface area contributed by atoms with Crippen LogP contribution in [0.25, 0.3) is 11.3 Å². The highest BCUT2D eigenvalue weighted by Crippen LogP contribution is 2.34. The third kappa shape index (κ3) is 3.64.